The molecule has 0 spiro atoms. The molecule has 2 aromatic heterocycles. The first-order chi connectivity index (χ1) is 8.53. The van der Waals surface area contributed by atoms with Gasteiger partial charge in [0.2, 0.25) is 15.7 Å². The van der Waals surface area contributed by atoms with Gasteiger partial charge in [-0.05, 0) is 14.0 Å². The van der Waals surface area contributed by atoms with E-state index in [-0.39, 0.29) is 12.3 Å². The fraction of sp³-hybridized carbons (Fsp3) is 0.444. The third-order valence-electron chi connectivity index (χ3n) is 2.47. The van der Waals surface area contributed by atoms with E-state index in [1.165, 1.54) is 7.05 Å². The molecule has 0 saturated carbocycles. The van der Waals surface area contributed by atoms with Crippen LogP contribution in [0, 0.1) is 6.92 Å². The van der Waals surface area contributed by atoms with Crippen molar-refractivity contribution in [1.29, 1.82) is 0 Å². The van der Waals surface area contributed by atoms with Gasteiger partial charge in [0, 0.05) is 18.9 Å². The quantitative estimate of drug-likeness (QED) is 0.752. The zero-order valence-electron chi connectivity index (χ0n) is 10.1. The minimum Gasteiger partial charge on any atom is -0.366 e. The van der Waals surface area contributed by atoms with Gasteiger partial charge in [0.25, 0.3) is 0 Å². The van der Waals surface area contributed by atoms with E-state index >= 15 is 0 Å². The van der Waals surface area contributed by atoms with Gasteiger partial charge in [0.1, 0.15) is 5.82 Å². The first-order valence-electron chi connectivity index (χ1n) is 5.35. The Hall–Kier alpha value is -1.74. The molecule has 0 fully saturated rings. The lowest BCUT2D eigenvalue weighted by Gasteiger charge is -2.06. The second-order valence-corrected chi connectivity index (χ2v) is 5.71. The highest BCUT2D eigenvalue weighted by molar-refractivity contribution is 7.89. The third kappa shape index (κ3) is 2.57. The molecule has 2 N–H and O–H groups in total. The number of nitrogens with one attached hydrogen (secondary N) is 2. The van der Waals surface area contributed by atoms with Gasteiger partial charge in [-0.2, -0.15) is 0 Å². The SMILES string of the molecule is CNS(=O)(=O)CCNc1nccn2c(C)nnc12. The third-order valence-corrected chi connectivity index (χ3v) is 3.84. The molecule has 18 heavy (non-hydrogen) atoms. The predicted molar refractivity (Wildman–Crippen MR) is 66.9 cm³/mol. The second kappa shape index (κ2) is 4.86. The number of aromatic nitrogens is 4. The van der Waals surface area contributed by atoms with Crippen LogP contribution in [0.1, 0.15) is 5.82 Å². The fourth-order valence-corrected chi connectivity index (χ4v) is 2.05. The molecule has 2 aromatic rings. The molecule has 98 valence electrons. The van der Waals surface area contributed by atoms with E-state index in [1.807, 2.05) is 6.92 Å². The summed E-state index contributed by atoms with van der Waals surface area (Å²) in [6.07, 6.45) is 3.36. The van der Waals surface area contributed by atoms with E-state index in [4.69, 9.17) is 0 Å². The van der Waals surface area contributed by atoms with Gasteiger partial charge in [0.15, 0.2) is 5.82 Å². The van der Waals surface area contributed by atoms with Gasteiger partial charge in [-0.15, -0.1) is 10.2 Å². The summed E-state index contributed by atoms with van der Waals surface area (Å²) < 4.78 is 26.5. The number of hydrogen-bond acceptors (Lipinski definition) is 6. The molecular formula is C9H14N6O2S. The van der Waals surface area contributed by atoms with E-state index in [0.29, 0.717) is 11.5 Å². The summed E-state index contributed by atoms with van der Waals surface area (Å²) in [6, 6.07) is 0. The normalized spacial score (nSPS) is 11.9. The van der Waals surface area contributed by atoms with E-state index in [9.17, 15) is 8.42 Å². The molecule has 0 amide bonds. The molecule has 2 rings (SSSR count). The van der Waals surface area contributed by atoms with Crippen LogP contribution in [-0.2, 0) is 10.0 Å². The molecule has 0 unspecified atom stereocenters. The Labute approximate surface area is 104 Å². The first kappa shape index (κ1) is 12.7. The van der Waals surface area contributed by atoms with Crippen molar-refractivity contribution in [2.75, 3.05) is 24.7 Å². The summed E-state index contributed by atoms with van der Waals surface area (Å²) in [4.78, 5) is 4.12. The van der Waals surface area contributed by atoms with E-state index in [2.05, 4.69) is 25.2 Å². The Kier molecular flexibility index (Phi) is 3.43. The van der Waals surface area contributed by atoms with Crippen molar-refractivity contribution < 1.29 is 8.42 Å². The van der Waals surface area contributed by atoms with Crippen molar-refractivity contribution in [2.45, 2.75) is 6.92 Å². The molecule has 0 aromatic carbocycles. The van der Waals surface area contributed by atoms with Crippen LogP contribution in [0.4, 0.5) is 5.82 Å². The maximum atomic E-state index is 11.3. The van der Waals surface area contributed by atoms with E-state index in [0.717, 1.165) is 5.82 Å². The number of aryl methyl sites for hydroxylation is 1. The van der Waals surface area contributed by atoms with Gasteiger partial charge in [-0.1, -0.05) is 0 Å². The number of anilines is 1. The van der Waals surface area contributed by atoms with Gasteiger partial charge in [0.05, 0.1) is 5.75 Å². The van der Waals surface area contributed by atoms with Gasteiger partial charge in [-0.3, -0.25) is 4.40 Å². The summed E-state index contributed by atoms with van der Waals surface area (Å²) in [5, 5.41) is 10.8. The number of fused-ring (bicyclic) bond motifs is 1. The highest BCUT2D eigenvalue weighted by Gasteiger charge is 2.09. The highest BCUT2D eigenvalue weighted by Crippen LogP contribution is 2.11. The molecule has 0 aliphatic carbocycles. The van der Waals surface area contributed by atoms with Crippen molar-refractivity contribution in [3.8, 4) is 0 Å². The van der Waals surface area contributed by atoms with Gasteiger partial charge in [-0.25, -0.2) is 18.1 Å². The molecule has 0 atom stereocenters. The minimum atomic E-state index is -3.22. The van der Waals surface area contributed by atoms with Crippen molar-refractivity contribution in [3.05, 3.63) is 18.2 Å². The minimum absolute atomic E-state index is 0.0284. The lowest BCUT2D eigenvalue weighted by Crippen LogP contribution is -2.26. The van der Waals surface area contributed by atoms with Crippen LogP contribution in [0.5, 0.6) is 0 Å². The van der Waals surface area contributed by atoms with E-state index < -0.39 is 10.0 Å². The summed E-state index contributed by atoms with van der Waals surface area (Å²) in [7, 11) is -1.84. The van der Waals surface area contributed by atoms with Crippen LogP contribution in [0.3, 0.4) is 0 Å². The molecule has 8 nitrogen and oxygen atoms in total. The Balaban J connectivity index is 2.13. The highest BCUT2D eigenvalue weighted by atomic mass is 32.2. The van der Waals surface area contributed by atoms with Gasteiger partial charge >= 0.3 is 0 Å². The number of hydrogen-bond donors (Lipinski definition) is 2. The van der Waals surface area contributed by atoms with Crippen LogP contribution >= 0.6 is 0 Å². The lowest BCUT2D eigenvalue weighted by molar-refractivity contribution is 0.588. The summed E-state index contributed by atoms with van der Waals surface area (Å²) in [5.41, 5.74) is 0.580. The zero-order valence-corrected chi connectivity index (χ0v) is 10.9. The van der Waals surface area contributed by atoms with Crippen LogP contribution in [0.15, 0.2) is 12.4 Å². The average Bonchev–Trinajstić information content (AvgIpc) is 2.72. The van der Waals surface area contributed by atoms with Crippen molar-refractivity contribution >= 4 is 21.5 Å². The molecule has 2 heterocycles. The lowest BCUT2D eigenvalue weighted by atomic mass is 10.5. The number of nitrogens with zero attached hydrogens (tertiary/aromatic N) is 4. The van der Waals surface area contributed by atoms with Crippen LogP contribution in [0.2, 0.25) is 0 Å². The molecule has 0 saturated heterocycles. The Morgan fingerprint density at radius 1 is 1.39 bits per heavy atom. The number of rotatable bonds is 5. The van der Waals surface area contributed by atoms with E-state index in [1.54, 1.807) is 16.8 Å². The summed E-state index contributed by atoms with van der Waals surface area (Å²) in [6.45, 7) is 2.08. The van der Waals surface area contributed by atoms with Gasteiger partial charge < -0.3 is 5.32 Å². The smallest absolute Gasteiger partial charge is 0.213 e. The number of sulfonamides is 1. The van der Waals surface area contributed by atoms with Crippen molar-refractivity contribution in [2.24, 2.45) is 0 Å². The van der Waals surface area contributed by atoms with Crippen molar-refractivity contribution in [1.82, 2.24) is 24.3 Å². The molecule has 0 bridgehead atoms. The maximum absolute atomic E-state index is 11.3. The topological polar surface area (TPSA) is 101 Å². The Morgan fingerprint density at radius 2 is 2.17 bits per heavy atom. The molecule has 0 aliphatic rings. The predicted octanol–water partition coefficient (Wildman–Crippen LogP) is -0.606. The standard InChI is InChI=1S/C9H14N6O2S/c1-7-13-14-9-8(11-3-5-15(7)9)12-4-6-18(16,17)10-2/h3,5,10H,4,6H2,1-2H3,(H,11,12). The maximum Gasteiger partial charge on any atom is 0.213 e. The summed E-state index contributed by atoms with van der Waals surface area (Å²) >= 11 is 0. The molecule has 0 radical (unpaired) electrons. The monoisotopic (exact) mass is 270 g/mol. The Morgan fingerprint density at radius 3 is 2.89 bits per heavy atom. The summed E-state index contributed by atoms with van der Waals surface area (Å²) in [5.74, 6) is 1.24. The zero-order chi connectivity index (χ0) is 13.2. The molecule has 9 heteroatoms. The largest absolute Gasteiger partial charge is 0.366 e. The molecule has 0 aliphatic heterocycles. The van der Waals surface area contributed by atoms with Crippen LogP contribution in [0.25, 0.3) is 5.65 Å². The fourth-order valence-electron chi connectivity index (χ4n) is 1.47. The van der Waals surface area contributed by atoms with Crippen LogP contribution < -0.4 is 10.0 Å². The molecular weight excluding hydrogens is 256 g/mol. The average molecular weight is 270 g/mol. The van der Waals surface area contributed by atoms with Crippen molar-refractivity contribution in [3.63, 3.8) is 0 Å². The van der Waals surface area contributed by atoms with Crippen LogP contribution in [-0.4, -0.2) is 47.3 Å². The Bertz CT molecular complexity index is 650. The second-order valence-electron chi connectivity index (χ2n) is 3.67. The first-order valence-corrected chi connectivity index (χ1v) is 7.00.